The first-order valence-electron chi connectivity index (χ1n) is 3.06. The van der Waals surface area contributed by atoms with Gasteiger partial charge in [0, 0.05) is 13.8 Å². The second-order valence-corrected chi connectivity index (χ2v) is 1.35. The summed E-state index contributed by atoms with van der Waals surface area (Å²) in [5.74, 6) is -1.34. The molecule has 0 aliphatic carbocycles. The van der Waals surface area contributed by atoms with E-state index in [4.69, 9.17) is 5.21 Å². The van der Waals surface area contributed by atoms with E-state index in [1.165, 1.54) is 0 Å². The van der Waals surface area contributed by atoms with Crippen molar-refractivity contribution in [2.24, 2.45) is 0 Å². The van der Waals surface area contributed by atoms with Crippen molar-refractivity contribution < 1.29 is 14.8 Å². The summed E-state index contributed by atoms with van der Waals surface area (Å²) < 4.78 is 0. The quantitative estimate of drug-likeness (QED) is 0.407. The molecular formula is C6H13NO3. The van der Waals surface area contributed by atoms with E-state index < -0.39 is 11.8 Å². The number of nitrogens with zero attached hydrogens (tertiary/aromatic N) is 1. The Morgan fingerprint density at radius 2 is 1.30 bits per heavy atom. The van der Waals surface area contributed by atoms with Crippen molar-refractivity contribution in [3.8, 4) is 0 Å². The van der Waals surface area contributed by atoms with Crippen molar-refractivity contribution in [2.75, 3.05) is 0 Å². The number of hydrogen-bond donors (Lipinski definition) is 1. The zero-order valence-corrected chi connectivity index (χ0v) is 6.71. The van der Waals surface area contributed by atoms with E-state index in [1.807, 2.05) is 13.8 Å². The SMILES string of the molecule is CC.CC(=O)N(O)C(C)=O. The molecule has 0 heterocycles. The van der Waals surface area contributed by atoms with Crippen molar-refractivity contribution >= 4 is 11.8 Å². The topological polar surface area (TPSA) is 57.6 Å². The highest BCUT2D eigenvalue weighted by molar-refractivity contribution is 5.91. The highest BCUT2D eigenvalue weighted by Crippen LogP contribution is 1.80. The van der Waals surface area contributed by atoms with E-state index in [1.54, 1.807) is 0 Å². The third-order valence-electron chi connectivity index (χ3n) is 0.597. The van der Waals surface area contributed by atoms with Crippen LogP contribution in [0.4, 0.5) is 0 Å². The summed E-state index contributed by atoms with van der Waals surface area (Å²) in [7, 11) is 0. The Labute approximate surface area is 60.4 Å². The van der Waals surface area contributed by atoms with Crippen molar-refractivity contribution in [3.05, 3.63) is 0 Å². The van der Waals surface area contributed by atoms with Crippen LogP contribution >= 0.6 is 0 Å². The van der Waals surface area contributed by atoms with E-state index in [9.17, 15) is 9.59 Å². The van der Waals surface area contributed by atoms with Gasteiger partial charge in [0.1, 0.15) is 0 Å². The van der Waals surface area contributed by atoms with Gasteiger partial charge < -0.3 is 0 Å². The van der Waals surface area contributed by atoms with Gasteiger partial charge in [0.05, 0.1) is 0 Å². The Bertz CT molecular complexity index is 108. The molecule has 0 spiro atoms. The predicted octanol–water partition coefficient (Wildman–Crippen LogP) is 0.797. The molecule has 0 aromatic rings. The van der Waals surface area contributed by atoms with Crippen LogP contribution in [0.2, 0.25) is 0 Å². The Kier molecular flexibility index (Phi) is 7.37. The molecule has 0 bridgehead atoms. The van der Waals surface area contributed by atoms with Crippen LogP contribution in [-0.2, 0) is 9.59 Å². The van der Waals surface area contributed by atoms with Crippen LogP contribution in [0.5, 0.6) is 0 Å². The summed E-state index contributed by atoms with van der Waals surface area (Å²) in [4.78, 5) is 20.1. The van der Waals surface area contributed by atoms with E-state index in [-0.39, 0.29) is 5.06 Å². The Balaban J connectivity index is 0. The molecule has 0 saturated carbocycles. The van der Waals surface area contributed by atoms with Crippen LogP contribution < -0.4 is 0 Å². The number of hydrogen-bond acceptors (Lipinski definition) is 3. The van der Waals surface area contributed by atoms with Gasteiger partial charge in [0.2, 0.25) is 11.8 Å². The van der Waals surface area contributed by atoms with E-state index in [0.29, 0.717) is 0 Å². The Morgan fingerprint density at radius 1 is 1.10 bits per heavy atom. The van der Waals surface area contributed by atoms with Crippen LogP contribution in [-0.4, -0.2) is 22.1 Å². The first-order chi connectivity index (χ1) is 4.55. The van der Waals surface area contributed by atoms with E-state index >= 15 is 0 Å². The lowest BCUT2D eigenvalue weighted by Crippen LogP contribution is -2.29. The van der Waals surface area contributed by atoms with Crippen LogP contribution in [0.3, 0.4) is 0 Å². The van der Waals surface area contributed by atoms with Gasteiger partial charge in [0.25, 0.3) is 0 Å². The van der Waals surface area contributed by atoms with E-state index in [0.717, 1.165) is 13.8 Å². The van der Waals surface area contributed by atoms with Gasteiger partial charge >= 0.3 is 0 Å². The highest BCUT2D eigenvalue weighted by Gasteiger charge is 2.07. The van der Waals surface area contributed by atoms with E-state index in [2.05, 4.69) is 0 Å². The summed E-state index contributed by atoms with van der Waals surface area (Å²) >= 11 is 0. The van der Waals surface area contributed by atoms with Gasteiger partial charge in [-0.1, -0.05) is 13.8 Å². The van der Waals surface area contributed by atoms with Gasteiger partial charge in [-0.3, -0.25) is 14.8 Å². The third kappa shape index (κ3) is 5.24. The normalized spacial score (nSPS) is 7.30. The zero-order chi connectivity index (χ0) is 8.73. The molecule has 0 aliphatic rings. The second-order valence-electron chi connectivity index (χ2n) is 1.35. The van der Waals surface area contributed by atoms with Crippen LogP contribution in [0.25, 0.3) is 0 Å². The number of hydroxylamine groups is 2. The van der Waals surface area contributed by atoms with Gasteiger partial charge in [0.15, 0.2) is 0 Å². The maximum absolute atomic E-state index is 10.0. The number of carbonyl (C=O) groups excluding carboxylic acids is 2. The minimum atomic E-state index is -0.669. The zero-order valence-electron chi connectivity index (χ0n) is 6.71. The number of rotatable bonds is 0. The first-order valence-corrected chi connectivity index (χ1v) is 3.06. The molecule has 0 aromatic carbocycles. The smallest absolute Gasteiger partial charge is 0.250 e. The molecule has 0 aliphatic heterocycles. The van der Waals surface area contributed by atoms with Gasteiger partial charge in [-0.15, -0.1) is 0 Å². The second kappa shape index (κ2) is 6.22. The van der Waals surface area contributed by atoms with Gasteiger partial charge in [-0.05, 0) is 0 Å². The van der Waals surface area contributed by atoms with Gasteiger partial charge in [-0.25, -0.2) is 0 Å². The molecule has 4 heteroatoms. The monoisotopic (exact) mass is 147 g/mol. The predicted molar refractivity (Wildman–Crippen MR) is 36.3 cm³/mol. The average molecular weight is 147 g/mol. The first kappa shape index (κ1) is 11.8. The van der Waals surface area contributed by atoms with Crippen molar-refractivity contribution in [3.63, 3.8) is 0 Å². The van der Waals surface area contributed by atoms with Gasteiger partial charge in [-0.2, -0.15) is 5.06 Å². The molecule has 1 N–H and O–H groups in total. The standard InChI is InChI=1S/C4H7NO3.C2H6/c1-3(6)5(8)4(2)7;1-2/h8H,1-2H3;1-2H3. The average Bonchev–Trinajstić information content (AvgIpc) is 1.90. The fraction of sp³-hybridized carbons (Fsp3) is 0.667. The minimum Gasteiger partial charge on any atom is -0.279 e. The molecule has 0 unspecified atom stereocenters. The minimum absolute atomic E-state index is 0.0556. The fourth-order valence-corrected chi connectivity index (χ4v) is 0.222. The molecule has 0 aromatic heterocycles. The Hall–Kier alpha value is -0.900. The molecule has 10 heavy (non-hydrogen) atoms. The lowest BCUT2D eigenvalue weighted by atomic mass is 10.6. The maximum Gasteiger partial charge on any atom is 0.250 e. The molecule has 0 rings (SSSR count). The molecule has 0 saturated heterocycles. The number of amides is 2. The summed E-state index contributed by atoms with van der Waals surface area (Å²) in [5, 5.41) is 8.39. The molecular weight excluding hydrogens is 134 g/mol. The molecule has 0 atom stereocenters. The molecule has 60 valence electrons. The lowest BCUT2D eigenvalue weighted by Gasteiger charge is -2.04. The highest BCUT2D eigenvalue weighted by atomic mass is 16.5. The Morgan fingerprint density at radius 3 is 1.30 bits per heavy atom. The molecule has 4 nitrogen and oxygen atoms in total. The molecule has 2 amide bonds. The lowest BCUT2D eigenvalue weighted by molar-refractivity contribution is -0.175. The van der Waals surface area contributed by atoms with Crippen LogP contribution in [0.1, 0.15) is 27.7 Å². The summed E-state index contributed by atoms with van der Waals surface area (Å²) in [6.07, 6.45) is 0. The fourth-order valence-electron chi connectivity index (χ4n) is 0.222. The summed E-state index contributed by atoms with van der Waals surface area (Å²) in [6.45, 7) is 6.20. The molecule has 0 fully saturated rings. The third-order valence-corrected chi connectivity index (χ3v) is 0.597. The van der Waals surface area contributed by atoms with Crippen molar-refractivity contribution in [2.45, 2.75) is 27.7 Å². The largest absolute Gasteiger partial charge is 0.279 e. The number of carbonyl (C=O) groups is 2. The summed E-state index contributed by atoms with van der Waals surface area (Å²) in [5.41, 5.74) is 0. The summed E-state index contributed by atoms with van der Waals surface area (Å²) in [6, 6.07) is 0. The molecule has 0 radical (unpaired) electrons. The number of imide groups is 1. The van der Waals surface area contributed by atoms with Crippen molar-refractivity contribution in [1.29, 1.82) is 0 Å². The van der Waals surface area contributed by atoms with Crippen LogP contribution in [0, 0.1) is 0 Å². The van der Waals surface area contributed by atoms with Crippen LogP contribution in [0.15, 0.2) is 0 Å². The van der Waals surface area contributed by atoms with Crippen molar-refractivity contribution in [1.82, 2.24) is 5.06 Å². The maximum atomic E-state index is 10.0.